The second-order valence-corrected chi connectivity index (χ2v) is 7.22. The predicted octanol–water partition coefficient (Wildman–Crippen LogP) is 3.42. The molecule has 1 aromatic rings. The fraction of sp³-hybridized carbons (Fsp3) is 0.435. The Balaban J connectivity index is 2.20. The smallest absolute Gasteiger partial charge is 0.333 e. The number of benzene rings is 1. The van der Waals surface area contributed by atoms with Crippen LogP contribution in [0.5, 0.6) is 11.5 Å². The molecule has 0 aromatic heterocycles. The number of amides is 4. The summed E-state index contributed by atoms with van der Waals surface area (Å²) < 4.78 is 11.9. The predicted molar refractivity (Wildman–Crippen MR) is 118 cm³/mol. The minimum absolute atomic E-state index is 0.124. The van der Waals surface area contributed by atoms with Crippen molar-refractivity contribution in [1.82, 2.24) is 9.80 Å². The second kappa shape index (κ2) is 8.83. The standard InChI is InChI=1S/C23H29N3O5/c1-7-24(8-2)16-12-11-15-14(5)13-17(31-19(15)20(16)30-6)18-21(27)25(9-3)23(29)26(10-4)22(18)28/h11-13H,7-10H2,1-6H3. The number of ether oxygens (including phenoxy) is 2. The van der Waals surface area contributed by atoms with Crippen molar-refractivity contribution < 1.29 is 23.9 Å². The molecular formula is C23H29N3O5. The lowest BCUT2D eigenvalue weighted by molar-refractivity contribution is -0.135. The van der Waals surface area contributed by atoms with Crippen LogP contribution in [0.3, 0.4) is 0 Å². The molecule has 0 radical (unpaired) electrons. The number of anilines is 1. The minimum Gasteiger partial charge on any atom is -0.491 e. The van der Waals surface area contributed by atoms with Gasteiger partial charge >= 0.3 is 6.03 Å². The highest BCUT2D eigenvalue weighted by atomic mass is 16.5. The normalized spacial score (nSPS) is 16.3. The van der Waals surface area contributed by atoms with Crippen LogP contribution in [0.25, 0.3) is 5.57 Å². The first kappa shape index (κ1) is 22.4. The third kappa shape index (κ3) is 3.56. The van der Waals surface area contributed by atoms with Gasteiger partial charge in [0.1, 0.15) is 11.3 Å². The van der Waals surface area contributed by atoms with Crippen molar-refractivity contribution in [1.29, 1.82) is 0 Å². The summed E-state index contributed by atoms with van der Waals surface area (Å²) in [6.07, 6.45) is 1.67. The van der Waals surface area contributed by atoms with E-state index in [4.69, 9.17) is 9.47 Å². The molecule has 4 amide bonds. The van der Waals surface area contributed by atoms with Gasteiger partial charge in [0, 0.05) is 31.7 Å². The fourth-order valence-electron chi connectivity index (χ4n) is 3.96. The van der Waals surface area contributed by atoms with E-state index >= 15 is 0 Å². The topological polar surface area (TPSA) is 79.4 Å². The van der Waals surface area contributed by atoms with Crippen LogP contribution in [0.4, 0.5) is 10.5 Å². The summed E-state index contributed by atoms with van der Waals surface area (Å²) in [5.41, 5.74) is 2.37. The van der Waals surface area contributed by atoms with Crippen LogP contribution in [0.1, 0.15) is 40.2 Å². The van der Waals surface area contributed by atoms with Crippen molar-refractivity contribution in [3.63, 3.8) is 0 Å². The number of hydrogen-bond donors (Lipinski definition) is 0. The molecule has 0 aliphatic carbocycles. The van der Waals surface area contributed by atoms with Crippen LogP contribution < -0.4 is 14.4 Å². The Morgan fingerprint density at radius 3 is 2.03 bits per heavy atom. The Hall–Kier alpha value is -3.29. The van der Waals surface area contributed by atoms with Crippen molar-refractivity contribution in [2.45, 2.75) is 34.6 Å². The summed E-state index contributed by atoms with van der Waals surface area (Å²) in [6.45, 7) is 11.3. The summed E-state index contributed by atoms with van der Waals surface area (Å²) in [7, 11) is 1.57. The van der Waals surface area contributed by atoms with Gasteiger partial charge in [-0.2, -0.15) is 0 Å². The zero-order chi connectivity index (χ0) is 22.9. The summed E-state index contributed by atoms with van der Waals surface area (Å²) in [5, 5.41) is 0. The molecule has 2 aliphatic rings. The van der Waals surface area contributed by atoms with Gasteiger partial charge in [0.15, 0.2) is 11.5 Å². The lowest BCUT2D eigenvalue weighted by Crippen LogP contribution is -2.56. The highest BCUT2D eigenvalue weighted by Gasteiger charge is 2.43. The van der Waals surface area contributed by atoms with Gasteiger partial charge in [0.2, 0.25) is 0 Å². The monoisotopic (exact) mass is 427 g/mol. The molecule has 1 fully saturated rings. The van der Waals surface area contributed by atoms with E-state index in [1.807, 2.05) is 19.1 Å². The van der Waals surface area contributed by atoms with Gasteiger partial charge in [-0.05, 0) is 58.4 Å². The number of barbiturate groups is 1. The molecule has 0 spiro atoms. The number of methoxy groups -OCH3 is 1. The van der Waals surface area contributed by atoms with Crippen LogP contribution in [0.15, 0.2) is 29.5 Å². The SMILES string of the molecule is CCN1C(=O)C(=C2C=C(C)c3ccc(N(CC)CC)c(OC)c3O2)C(=O)N(CC)C1=O. The number of carbonyl (C=O) groups is 3. The first-order chi connectivity index (χ1) is 14.8. The summed E-state index contributed by atoms with van der Waals surface area (Å²) in [5.74, 6) is -0.178. The molecular weight excluding hydrogens is 398 g/mol. The van der Waals surface area contributed by atoms with E-state index in [2.05, 4.69) is 18.7 Å². The first-order valence-corrected chi connectivity index (χ1v) is 10.6. The van der Waals surface area contributed by atoms with Crippen LogP contribution in [0.2, 0.25) is 0 Å². The lowest BCUT2D eigenvalue weighted by Gasteiger charge is -2.34. The molecule has 0 bridgehead atoms. The van der Waals surface area contributed by atoms with E-state index < -0.39 is 17.8 Å². The number of urea groups is 1. The van der Waals surface area contributed by atoms with Crippen LogP contribution in [0, 0.1) is 0 Å². The van der Waals surface area contributed by atoms with Crippen molar-refractivity contribution in [2.24, 2.45) is 0 Å². The number of nitrogens with zero attached hydrogens (tertiary/aromatic N) is 3. The van der Waals surface area contributed by atoms with E-state index in [0.29, 0.717) is 11.5 Å². The van der Waals surface area contributed by atoms with E-state index in [0.717, 1.165) is 39.7 Å². The van der Waals surface area contributed by atoms with Gasteiger partial charge in [0.05, 0.1) is 12.8 Å². The molecule has 2 aliphatic heterocycles. The Labute approximate surface area is 182 Å². The largest absolute Gasteiger partial charge is 0.491 e. The minimum atomic E-state index is -0.649. The summed E-state index contributed by atoms with van der Waals surface area (Å²) >= 11 is 0. The van der Waals surface area contributed by atoms with E-state index in [1.165, 1.54) is 0 Å². The second-order valence-electron chi connectivity index (χ2n) is 7.22. The van der Waals surface area contributed by atoms with E-state index in [-0.39, 0.29) is 24.4 Å². The number of carbonyl (C=O) groups excluding carboxylic acids is 3. The maximum Gasteiger partial charge on any atom is 0.333 e. The number of rotatable bonds is 6. The lowest BCUT2D eigenvalue weighted by atomic mass is 9.98. The van der Waals surface area contributed by atoms with Gasteiger partial charge in [-0.1, -0.05) is 0 Å². The van der Waals surface area contributed by atoms with Gasteiger partial charge < -0.3 is 14.4 Å². The molecule has 3 rings (SSSR count). The van der Waals surface area contributed by atoms with Gasteiger partial charge in [-0.25, -0.2) is 4.79 Å². The van der Waals surface area contributed by atoms with Gasteiger partial charge in [-0.15, -0.1) is 0 Å². The molecule has 0 saturated carbocycles. The molecule has 8 nitrogen and oxygen atoms in total. The van der Waals surface area contributed by atoms with Crippen molar-refractivity contribution in [2.75, 3.05) is 38.2 Å². The Morgan fingerprint density at radius 1 is 0.968 bits per heavy atom. The molecule has 8 heteroatoms. The molecule has 0 N–H and O–H groups in total. The molecule has 1 aromatic carbocycles. The highest BCUT2D eigenvalue weighted by molar-refractivity contribution is 6.29. The van der Waals surface area contributed by atoms with Crippen LogP contribution in [-0.2, 0) is 9.59 Å². The van der Waals surface area contributed by atoms with Crippen molar-refractivity contribution in [3.05, 3.63) is 35.1 Å². The van der Waals surface area contributed by atoms with Crippen molar-refractivity contribution >= 4 is 29.1 Å². The number of fused-ring (bicyclic) bond motifs is 1. The zero-order valence-corrected chi connectivity index (χ0v) is 18.9. The van der Waals surface area contributed by atoms with Gasteiger partial charge in [-0.3, -0.25) is 19.4 Å². The Morgan fingerprint density at radius 2 is 1.55 bits per heavy atom. The third-order valence-corrected chi connectivity index (χ3v) is 5.64. The molecule has 31 heavy (non-hydrogen) atoms. The zero-order valence-electron chi connectivity index (χ0n) is 18.9. The average Bonchev–Trinajstić information content (AvgIpc) is 2.75. The Bertz CT molecular complexity index is 963. The molecule has 2 heterocycles. The third-order valence-electron chi connectivity index (χ3n) is 5.64. The number of allylic oxidation sites excluding steroid dienone is 2. The fourth-order valence-corrected chi connectivity index (χ4v) is 3.96. The van der Waals surface area contributed by atoms with Crippen LogP contribution in [-0.4, -0.2) is 60.9 Å². The maximum atomic E-state index is 13.0. The quantitative estimate of drug-likeness (QED) is 0.511. The highest BCUT2D eigenvalue weighted by Crippen LogP contribution is 2.46. The van der Waals surface area contributed by atoms with Gasteiger partial charge in [0.25, 0.3) is 11.8 Å². The summed E-state index contributed by atoms with van der Waals surface area (Å²) in [6, 6.07) is 3.32. The number of imide groups is 2. The van der Waals surface area contributed by atoms with Crippen molar-refractivity contribution in [3.8, 4) is 11.5 Å². The number of hydrogen-bond acceptors (Lipinski definition) is 6. The van der Waals surface area contributed by atoms with E-state index in [9.17, 15) is 14.4 Å². The van der Waals surface area contributed by atoms with Crippen LogP contribution >= 0.6 is 0 Å². The Kier molecular flexibility index (Phi) is 6.38. The molecule has 0 unspecified atom stereocenters. The number of likely N-dealkylation sites (N-methyl/N-ethyl adjacent to an activating group) is 2. The molecule has 166 valence electrons. The maximum absolute atomic E-state index is 13.0. The molecule has 0 atom stereocenters. The summed E-state index contributed by atoms with van der Waals surface area (Å²) in [4.78, 5) is 42.8. The molecule has 1 saturated heterocycles. The van der Waals surface area contributed by atoms with E-state index in [1.54, 1.807) is 27.0 Å². The average molecular weight is 428 g/mol. The first-order valence-electron chi connectivity index (χ1n) is 10.6.